The molecule has 0 aromatic heterocycles. The van der Waals surface area contributed by atoms with E-state index in [0.717, 1.165) is 83.5 Å². The Balaban J connectivity index is 2.16. The first-order valence-corrected chi connectivity index (χ1v) is 30.3. The molecule has 1 saturated heterocycles. The van der Waals surface area contributed by atoms with E-state index in [1.165, 1.54) is 141 Å². The van der Waals surface area contributed by atoms with Gasteiger partial charge in [0.15, 0.2) is 6.29 Å². The number of carbonyl (C=O) groups is 1. The molecule has 0 aliphatic carbocycles. The number of esters is 1. The molecule has 0 amide bonds. The lowest BCUT2D eigenvalue weighted by Crippen LogP contribution is -2.59. The summed E-state index contributed by atoms with van der Waals surface area (Å²) >= 11 is 0. The monoisotopic (exact) mass is 1040 g/mol. The van der Waals surface area contributed by atoms with E-state index < -0.39 is 43.4 Å². The van der Waals surface area contributed by atoms with E-state index in [-0.39, 0.29) is 19.2 Å². The Morgan fingerprint density at radius 3 is 1.24 bits per heavy atom. The highest BCUT2D eigenvalue weighted by molar-refractivity contribution is 5.69. The minimum atomic E-state index is -1.54. The Hall–Kier alpha value is -2.89. The molecule has 1 heterocycles. The van der Waals surface area contributed by atoms with Gasteiger partial charge in [0, 0.05) is 13.0 Å². The molecule has 0 aromatic carbocycles. The summed E-state index contributed by atoms with van der Waals surface area (Å²) in [5, 5.41) is 40.4. The summed E-state index contributed by atoms with van der Waals surface area (Å²) in [5.74, 6) is -0.322. The van der Waals surface area contributed by atoms with Crippen molar-refractivity contribution in [2.24, 2.45) is 0 Å². The summed E-state index contributed by atoms with van der Waals surface area (Å²) in [7, 11) is 0. The number of aliphatic hydroxyl groups excluding tert-OH is 4. The fourth-order valence-corrected chi connectivity index (χ4v) is 8.82. The maximum atomic E-state index is 12.9. The third kappa shape index (κ3) is 44.3. The zero-order valence-corrected chi connectivity index (χ0v) is 47.3. The van der Waals surface area contributed by atoms with Crippen molar-refractivity contribution >= 4 is 5.97 Å². The van der Waals surface area contributed by atoms with Crippen LogP contribution in [-0.4, -0.2) is 89.6 Å². The van der Waals surface area contributed by atoms with Crippen LogP contribution < -0.4 is 0 Å². The van der Waals surface area contributed by atoms with Gasteiger partial charge < -0.3 is 39.4 Å². The van der Waals surface area contributed by atoms with Crippen LogP contribution in [0.1, 0.15) is 245 Å². The van der Waals surface area contributed by atoms with Crippen molar-refractivity contribution in [2.75, 3.05) is 26.4 Å². The molecule has 0 aromatic rings. The molecule has 6 unspecified atom stereocenters. The van der Waals surface area contributed by atoms with Crippen molar-refractivity contribution in [3.05, 3.63) is 97.2 Å². The highest BCUT2D eigenvalue weighted by Gasteiger charge is 2.44. The van der Waals surface area contributed by atoms with E-state index in [1.807, 2.05) is 0 Å². The molecule has 9 nitrogen and oxygen atoms in total. The van der Waals surface area contributed by atoms with Gasteiger partial charge in [-0.3, -0.25) is 4.79 Å². The number of aliphatic hydroxyl groups is 4. The first-order valence-electron chi connectivity index (χ1n) is 30.3. The summed E-state index contributed by atoms with van der Waals surface area (Å²) in [5.41, 5.74) is 0. The van der Waals surface area contributed by atoms with Crippen LogP contribution in [0, 0.1) is 0 Å². The lowest BCUT2D eigenvalue weighted by atomic mass is 9.99. The van der Waals surface area contributed by atoms with Crippen molar-refractivity contribution in [3.8, 4) is 0 Å². The SMILES string of the molecule is CC/C=C\C/C=C\C/C=C\C/C=C\C/C=C\CCCCCCCCCCCC(=O)OC(COCCCCCCCCCCCCC/C=C\C/C=C\C/C=C\CCCCCCC)COC1OC(CO)C(O)C(O)C1O. The number of unbranched alkanes of at least 4 members (excludes halogenated alkanes) is 25. The molecule has 0 saturated carbocycles. The van der Waals surface area contributed by atoms with Gasteiger partial charge in [0.1, 0.15) is 30.5 Å². The highest BCUT2D eigenvalue weighted by Crippen LogP contribution is 2.23. The van der Waals surface area contributed by atoms with Gasteiger partial charge in [-0.15, -0.1) is 0 Å². The quantitative estimate of drug-likeness (QED) is 0.0267. The summed E-state index contributed by atoms with van der Waals surface area (Å²) < 4.78 is 23.0. The Morgan fingerprint density at radius 1 is 0.446 bits per heavy atom. The van der Waals surface area contributed by atoms with Gasteiger partial charge in [-0.25, -0.2) is 0 Å². The van der Waals surface area contributed by atoms with E-state index >= 15 is 0 Å². The molecule has 74 heavy (non-hydrogen) atoms. The number of carbonyl (C=O) groups excluding carboxylic acids is 1. The number of ether oxygens (including phenoxy) is 4. The Morgan fingerprint density at radius 2 is 0.824 bits per heavy atom. The van der Waals surface area contributed by atoms with Crippen LogP contribution in [0.25, 0.3) is 0 Å². The zero-order valence-electron chi connectivity index (χ0n) is 47.3. The molecule has 9 heteroatoms. The average Bonchev–Trinajstić information content (AvgIpc) is 3.40. The fraction of sp³-hybridized carbons (Fsp3) is 0.738. The first-order chi connectivity index (χ1) is 36.4. The van der Waals surface area contributed by atoms with Crippen molar-refractivity contribution < 1.29 is 44.2 Å². The predicted molar refractivity (Wildman–Crippen MR) is 311 cm³/mol. The number of rotatable bonds is 52. The maximum absolute atomic E-state index is 12.9. The fourth-order valence-electron chi connectivity index (χ4n) is 8.82. The Labute approximate surface area is 453 Å². The molecular weight excluding hydrogens is 925 g/mol. The van der Waals surface area contributed by atoms with Crippen LogP contribution in [0.3, 0.4) is 0 Å². The summed E-state index contributed by atoms with van der Waals surface area (Å²) in [6.45, 7) is 4.43. The number of allylic oxidation sites excluding steroid dienone is 16. The molecular formula is C65H112O9. The number of hydrogen-bond acceptors (Lipinski definition) is 9. The zero-order chi connectivity index (χ0) is 53.5. The summed E-state index contributed by atoms with van der Waals surface area (Å²) in [4.78, 5) is 12.9. The second-order valence-corrected chi connectivity index (χ2v) is 20.4. The lowest BCUT2D eigenvalue weighted by Gasteiger charge is -2.39. The maximum Gasteiger partial charge on any atom is 0.306 e. The predicted octanol–water partition coefficient (Wildman–Crippen LogP) is 16.3. The third-order valence-electron chi connectivity index (χ3n) is 13.5. The topological polar surface area (TPSA) is 135 Å². The molecule has 0 spiro atoms. The molecule has 426 valence electrons. The van der Waals surface area contributed by atoms with Gasteiger partial charge in [0.05, 0.1) is 19.8 Å². The van der Waals surface area contributed by atoms with E-state index in [0.29, 0.717) is 13.0 Å². The van der Waals surface area contributed by atoms with Gasteiger partial charge in [0.2, 0.25) is 0 Å². The van der Waals surface area contributed by atoms with Crippen LogP contribution in [0.2, 0.25) is 0 Å². The van der Waals surface area contributed by atoms with Crippen LogP contribution in [-0.2, 0) is 23.7 Å². The van der Waals surface area contributed by atoms with Crippen molar-refractivity contribution in [3.63, 3.8) is 0 Å². The van der Waals surface area contributed by atoms with Crippen molar-refractivity contribution in [1.29, 1.82) is 0 Å². The van der Waals surface area contributed by atoms with E-state index in [4.69, 9.17) is 18.9 Å². The van der Waals surface area contributed by atoms with Crippen LogP contribution in [0.5, 0.6) is 0 Å². The number of hydrogen-bond donors (Lipinski definition) is 4. The van der Waals surface area contributed by atoms with E-state index in [2.05, 4.69) is 111 Å². The van der Waals surface area contributed by atoms with Crippen LogP contribution >= 0.6 is 0 Å². The summed E-state index contributed by atoms with van der Waals surface area (Å²) in [6, 6.07) is 0. The van der Waals surface area contributed by atoms with E-state index in [9.17, 15) is 25.2 Å². The molecule has 1 aliphatic heterocycles. The van der Waals surface area contributed by atoms with Crippen LogP contribution in [0.4, 0.5) is 0 Å². The smallest absolute Gasteiger partial charge is 0.306 e. The molecule has 0 bridgehead atoms. The second kappa shape index (κ2) is 54.9. The highest BCUT2D eigenvalue weighted by atomic mass is 16.7. The molecule has 6 atom stereocenters. The molecule has 1 fully saturated rings. The standard InChI is InChI=1S/C65H112O9/c1-3-5-7-9-11-13-15-17-19-21-23-25-27-29-31-33-35-37-39-41-43-45-47-49-51-53-55-71-57-59(58-72-65-64(70)63(69)62(68)60(56-66)74-65)73-61(67)54-52-50-48-46-44-42-40-38-36-34-32-30-28-26-24-22-20-18-16-14-12-10-8-6-4-2/h6,8,12,14-15,17-18,20-21,23-24,26-27,29-30,32,59-60,62-66,68-70H,3-5,7,9-11,13,16,19,22,25,28,31,33-58H2,1-2H3/b8-6-,14-12-,17-15-,20-18-,23-21-,26-24-,29-27-,32-30-. The normalized spacial score (nSPS) is 19.2. The minimum absolute atomic E-state index is 0.122. The molecule has 1 aliphatic rings. The van der Waals surface area contributed by atoms with Gasteiger partial charge in [0.25, 0.3) is 0 Å². The summed E-state index contributed by atoms with van der Waals surface area (Å²) in [6.07, 6.45) is 70.2. The minimum Gasteiger partial charge on any atom is -0.457 e. The molecule has 4 N–H and O–H groups in total. The van der Waals surface area contributed by atoms with Gasteiger partial charge in [-0.1, -0.05) is 239 Å². The van der Waals surface area contributed by atoms with E-state index in [1.54, 1.807) is 0 Å². The first kappa shape index (κ1) is 69.1. The second-order valence-electron chi connectivity index (χ2n) is 20.4. The van der Waals surface area contributed by atoms with Gasteiger partial charge in [-0.2, -0.15) is 0 Å². The Kier molecular flexibility index (Phi) is 51.3. The van der Waals surface area contributed by atoms with Crippen molar-refractivity contribution in [1.82, 2.24) is 0 Å². The molecule has 0 radical (unpaired) electrons. The molecule has 1 rings (SSSR count). The third-order valence-corrected chi connectivity index (χ3v) is 13.5. The van der Waals surface area contributed by atoms with Gasteiger partial charge in [-0.05, 0) is 96.3 Å². The average molecular weight is 1040 g/mol. The van der Waals surface area contributed by atoms with Crippen molar-refractivity contribution in [2.45, 2.75) is 282 Å². The van der Waals surface area contributed by atoms with Crippen LogP contribution in [0.15, 0.2) is 97.2 Å². The lowest BCUT2D eigenvalue weighted by molar-refractivity contribution is -0.305. The largest absolute Gasteiger partial charge is 0.457 e. The van der Waals surface area contributed by atoms with Gasteiger partial charge >= 0.3 is 5.97 Å². The Bertz CT molecular complexity index is 1460.